The fourth-order valence-electron chi connectivity index (χ4n) is 10.1. The van der Waals surface area contributed by atoms with Crippen LogP contribution in [0.3, 0.4) is 0 Å². The Morgan fingerprint density at radius 3 is 1.69 bits per heavy atom. The van der Waals surface area contributed by atoms with E-state index in [-0.39, 0.29) is 162 Å². The second-order valence-corrected chi connectivity index (χ2v) is 25.3. The van der Waals surface area contributed by atoms with Crippen molar-refractivity contribution in [2.24, 2.45) is 35.1 Å². The van der Waals surface area contributed by atoms with Crippen LogP contribution in [0.25, 0.3) is 0 Å². The smallest absolute Gasteiger partial charge is 0.326 e. The summed E-state index contributed by atoms with van der Waals surface area (Å²) in [7, 11) is -3.86. The maximum Gasteiger partial charge on any atom is 0.326 e. The van der Waals surface area contributed by atoms with E-state index in [1.54, 1.807) is 19.1 Å². The average Bonchev–Trinajstić information content (AvgIpc) is 1.71. The monoisotopic (exact) mass is 1300 g/mol. The molecule has 5 atom stereocenters. The molecule has 0 heterocycles. The van der Waals surface area contributed by atoms with E-state index in [9.17, 15) is 61.8 Å². The van der Waals surface area contributed by atoms with Gasteiger partial charge in [0, 0.05) is 82.4 Å². The zero-order valence-electron chi connectivity index (χ0n) is 53.9. The zero-order valence-corrected chi connectivity index (χ0v) is 54.7. The number of carbonyl (C=O) groups excluding carboxylic acids is 8. The number of Topliss-reactive ketones (excluding diaryl/α,β-unsaturated/α-hetero) is 3. The Bertz CT molecular complexity index is 2380. The number of rotatable bonds is 60. The molecule has 0 saturated carbocycles. The molecule has 12 N–H and O–H groups in total. The molecule has 0 spiro atoms. The second-order valence-electron chi connectivity index (χ2n) is 23.7. The highest BCUT2D eigenvalue weighted by atomic mass is 32.2. The van der Waals surface area contributed by atoms with Gasteiger partial charge in [-0.05, 0) is 75.0 Å². The summed E-state index contributed by atoms with van der Waals surface area (Å²) in [5.41, 5.74) is 11.9. The van der Waals surface area contributed by atoms with E-state index in [1.165, 1.54) is 12.1 Å². The highest BCUT2D eigenvalue weighted by Crippen LogP contribution is 2.28. The first-order valence-corrected chi connectivity index (χ1v) is 34.1. The van der Waals surface area contributed by atoms with Gasteiger partial charge in [0.2, 0.25) is 29.5 Å². The van der Waals surface area contributed by atoms with Crippen LogP contribution in [0, 0.1) is 29.1 Å². The number of nitrogens with one attached hydrogen (secondary N) is 5. The van der Waals surface area contributed by atoms with Gasteiger partial charge in [-0.15, -0.1) is 0 Å². The number of ketones is 3. The molecular weight excluding hydrogens is 1190 g/mol. The number of benzene rings is 1. The van der Waals surface area contributed by atoms with Crippen LogP contribution >= 0.6 is 0 Å². The molecule has 0 aliphatic heterocycles. The van der Waals surface area contributed by atoms with Gasteiger partial charge in [-0.25, -0.2) is 4.79 Å². The van der Waals surface area contributed by atoms with E-state index in [2.05, 4.69) is 21.3 Å². The van der Waals surface area contributed by atoms with Crippen LogP contribution in [-0.4, -0.2) is 166 Å². The van der Waals surface area contributed by atoms with Gasteiger partial charge in [-0.2, -0.15) is 8.42 Å². The molecule has 26 heteroatoms. The number of unbranched alkanes of at least 4 members (excludes halogenated alkanes) is 14. The SMILES string of the molecule is CC(C)CC(=O)C[C@@H](CCCCNC(=O)COCCOCCCC(=O)COCCOCCNC(=O)CC[C@H](NC(=O)CCCCCCCCCCCCCCCS(=O)(=O)O)C(=O)O)C(=O)C(C)C(CCCCC(=N)N)C(=O)N[C@@H](Cc1ccc(O)cc1)C(N)=O. The molecule has 0 saturated heterocycles. The van der Waals surface area contributed by atoms with Crippen molar-refractivity contribution in [3.05, 3.63) is 29.8 Å². The number of hydrogen-bond donors (Lipinski definition) is 10. The number of ether oxygens (including phenoxy) is 4. The normalized spacial score (nSPS) is 13.2. The fraction of sp³-hybridized carbons (Fsp3) is 0.750. The number of aliphatic carboxylic acids is 1. The number of carbonyl (C=O) groups is 9. The third-order valence-electron chi connectivity index (χ3n) is 15.1. The first kappa shape index (κ1) is 82.1. The molecule has 5 amide bonds. The summed E-state index contributed by atoms with van der Waals surface area (Å²) in [6.07, 6.45) is 16.5. The highest BCUT2D eigenvalue weighted by Gasteiger charge is 2.36. The van der Waals surface area contributed by atoms with Gasteiger partial charge in [-0.1, -0.05) is 116 Å². The van der Waals surface area contributed by atoms with Crippen LogP contribution in [0.4, 0.5) is 0 Å². The first-order valence-electron chi connectivity index (χ1n) is 32.5. The minimum atomic E-state index is -3.86. The van der Waals surface area contributed by atoms with Gasteiger partial charge >= 0.3 is 5.97 Å². The number of hydrogen-bond acceptors (Lipinski definition) is 17. The van der Waals surface area contributed by atoms with Gasteiger partial charge < -0.3 is 61.9 Å². The van der Waals surface area contributed by atoms with E-state index >= 15 is 0 Å². The van der Waals surface area contributed by atoms with Gasteiger partial charge in [-0.3, -0.25) is 48.3 Å². The minimum absolute atomic E-state index is 0.000721. The second kappa shape index (κ2) is 50.7. The lowest BCUT2D eigenvalue weighted by molar-refractivity contribution is -0.142. The summed E-state index contributed by atoms with van der Waals surface area (Å²) in [6, 6.07) is 3.86. The number of carboxylic acids is 1. The lowest BCUT2D eigenvalue weighted by atomic mass is 9.77. The van der Waals surface area contributed by atoms with Crippen LogP contribution in [0.15, 0.2) is 24.3 Å². The summed E-state index contributed by atoms with van der Waals surface area (Å²) < 4.78 is 52.0. The van der Waals surface area contributed by atoms with Crippen LogP contribution in [0.5, 0.6) is 5.75 Å². The molecule has 1 aromatic rings. The topological polar surface area (TPSA) is 409 Å². The van der Waals surface area contributed by atoms with Gasteiger partial charge in [0.15, 0.2) is 5.78 Å². The molecule has 0 aromatic heterocycles. The molecule has 1 rings (SSSR count). The third-order valence-corrected chi connectivity index (χ3v) is 15.9. The summed E-state index contributed by atoms with van der Waals surface area (Å²) in [6.45, 7) is 6.81. The van der Waals surface area contributed by atoms with Gasteiger partial charge in [0.1, 0.15) is 42.6 Å². The van der Waals surface area contributed by atoms with Crippen molar-refractivity contribution in [2.75, 3.05) is 71.7 Å². The van der Waals surface area contributed by atoms with Crippen molar-refractivity contribution >= 4 is 68.8 Å². The van der Waals surface area contributed by atoms with Crippen LogP contribution in [0.2, 0.25) is 0 Å². The molecule has 0 aliphatic rings. The highest BCUT2D eigenvalue weighted by molar-refractivity contribution is 7.85. The van der Waals surface area contributed by atoms with Gasteiger partial charge in [0.05, 0.1) is 44.6 Å². The Balaban J connectivity index is 2.26. The Morgan fingerprint density at radius 2 is 1.10 bits per heavy atom. The maximum absolute atomic E-state index is 14.3. The predicted molar refractivity (Wildman–Crippen MR) is 341 cm³/mol. The van der Waals surface area contributed by atoms with Crippen molar-refractivity contribution in [1.29, 1.82) is 5.41 Å². The lowest BCUT2D eigenvalue weighted by Crippen LogP contribution is -2.49. The summed E-state index contributed by atoms with van der Waals surface area (Å²) in [5, 5.41) is 37.6. The number of amides is 5. The molecule has 0 aliphatic carbocycles. The molecule has 25 nitrogen and oxygen atoms in total. The van der Waals surface area contributed by atoms with Gasteiger partial charge in [0.25, 0.3) is 10.1 Å². The molecular formula is C64H109N7O18S. The van der Waals surface area contributed by atoms with Crippen molar-refractivity contribution in [3.63, 3.8) is 0 Å². The molecule has 2 unspecified atom stereocenters. The molecule has 1 aromatic carbocycles. The number of phenolic OH excluding ortho intramolecular Hbond substituents is 1. The van der Waals surface area contributed by atoms with E-state index < -0.39 is 57.7 Å². The quantitative estimate of drug-likeness (QED) is 0.0147. The Hall–Kier alpha value is -5.93. The fourth-order valence-corrected chi connectivity index (χ4v) is 10.6. The lowest BCUT2D eigenvalue weighted by Gasteiger charge is -2.28. The largest absolute Gasteiger partial charge is 0.508 e. The summed E-state index contributed by atoms with van der Waals surface area (Å²) in [5.74, 6) is -6.50. The number of aromatic hydroxyl groups is 1. The van der Waals surface area contributed by atoms with Crippen LogP contribution in [0.1, 0.15) is 200 Å². The number of primary amides is 1. The van der Waals surface area contributed by atoms with E-state index in [4.69, 9.17) is 40.4 Å². The summed E-state index contributed by atoms with van der Waals surface area (Å²) in [4.78, 5) is 115. The van der Waals surface area contributed by atoms with E-state index in [1.807, 2.05) is 13.8 Å². The number of carboxylic acid groups (broad SMARTS) is 1. The maximum atomic E-state index is 14.3. The standard InChI is InChI=1S/C64H109N7O18S/c1-47(2)42-53(74)44-50(61(78)48(3)54(24-16-17-25-57(65)66)63(80)71-56(62(67)79)43-49-27-29-51(72)30-28-49)22-18-19-33-68-60(77)46-89-40-37-86-35-21-23-52(73)45-88-39-38-87-36-34-69-58(75)32-31-55(64(81)82)70-59(76)26-15-13-11-9-7-5-4-6-8-10-12-14-20-41-90(83,84)85/h27-30,47-48,50,54-56,72H,4-26,31-46H2,1-3H3,(H3,65,66)(H2,67,79)(H,68,77)(H,69,75)(H,70,76)(H,71,80)(H,81,82)(H,83,84,85)/t48?,50-,54?,55+,56+/m1/s1. The molecule has 0 fully saturated rings. The van der Waals surface area contributed by atoms with E-state index in [0.717, 1.165) is 70.6 Å². The molecule has 514 valence electrons. The molecule has 90 heavy (non-hydrogen) atoms. The van der Waals surface area contributed by atoms with Crippen molar-refractivity contribution < 1.29 is 85.3 Å². The van der Waals surface area contributed by atoms with Crippen LogP contribution in [-0.2, 0) is 78.6 Å². The van der Waals surface area contributed by atoms with Crippen LogP contribution < -0.4 is 32.7 Å². The Labute approximate surface area is 533 Å². The third kappa shape index (κ3) is 45.3. The Kier molecular flexibility index (Phi) is 46.2. The zero-order chi connectivity index (χ0) is 67.0. The minimum Gasteiger partial charge on any atom is -0.508 e. The average molecular weight is 1300 g/mol. The van der Waals surface area contributed by atoms with Crippen molar-refractivity contribution in [1.82, 2.24) is 21.3 Å². The predicted octanol–water partition coefficient (Wildman–Crippen LogP) is 6.36. The van der Waals surface area contributed by atoms with Crippen molar-refractivity contribution in [2.45, 2.75) is 213 Å². The number of nitrogens with two attached hydrogens (primary N) is 2. The summed E-state index contributed by atoms with van der Waals surface area (Å²) >= 11 is 0. The molecule has 0 bridgehead atoms. The number of amidine groups is 1. The molecule has 0 radical (unpaired) electrons. The van der Waals surface area contributed by atoms with E-state index in [0.29, 0.717) is 76.5 Å². The van der Waals surface area contributed by atoms with Crippen molar-refractivity contribution in [3.8, 4) is 5.75 Å². The number of phenols is 1. The Morgan fingerprint density at radius 1 is 0.544 bits per heavy atom. The first-order chi connectivity index (χ1) is 42.9.